The van der Waals surface area contributed by atoms with Gasteiger partial charge in [-0.25, -0.2) is 9.97 Å². The van der Waals surface area contributed by atoms with E-state index < -0.39 is 0 Å². The first-order valence-corrected chi connectivity index (χ1v) is 10.0. The minimum absolute atomic E-state index is 0. The maximum absolute atomic E-state index is 6.40. The van der Waals surface area contributed by atoms with E-state index in [4.69, 9.17) is 21.3 Å². The molecule has 0 aliphatic heterocycles. The molecule has 4 nitrogen and oxygen atoms in total. The Bertz CT molecular complexity index is 1070. The Kier molecular flexibility index (Phi) is 8.63. The number of hydrogen-bond acceptors (Lipinski definition) is 4. The van der Waals surface area contributed by atoms with Crippen LogP contribution in [0.5, 0.6) is 5.75 Å². The average molecular weight is 422 g/mol. The second kappa shape index (κ2) is 11.2. The van der Waals surface area contributed by atoms with Gasteiger partial charge in [0.2, 0.25) is 0 Å². The Labute approximate surface area is 183 Å². The van der Waals surface area contributed by atoms with E-state index in [1.54, 1.807) is 7.11 Å². The number of hydrogen-bond donors (Lipinski definition) is 1. The van der Waals surface area contributed by atoms with Crippen LogP contribution < -0.4 is 10.1 Å². The number of nitrogens with zero attached hydrogens (tertiary/aromatic N) is 2. The van der Waals surface area contributed by atoms with Crippen molar-refractivity contribution in [3.8, 4) is 17.0 Å². The summed E-state index contributed by atoms with van der Waals surface area (Å²) in [4.78, 5) is 9.23. The summed E-state index contributed by atoms with van der Waals surface area (Å²) in [7, 11) is 1.65. The van der Waals surface area contributed by atoms with Gasteiger partial charge in [0.1, 0.15) is 16.7 Å². The lowest BCUT2D eigenvalue weighted by atomic mass is 10.1. The number of ether oxygens (including phenoxy) is 1. The summed E-state index contributed by atoms with van der Waals surface area (Å²) in [6, 6.07) is 23.8. The SMILES string of the molecule is C.CC.COc1ccc(-c2cc3nc(NCc4ccccc4)ccc3c(Cl)n2)cc1. The predicted molar refractivity (Wildman–Crippen MR) is 128 cm³/mol. The number of benzene rings is 2. The van der Waals surface area contributed by atoms with E-state index in [0.29, 0.717) is 11.7 Å². The molecule has 156 valence electrons. The van der Waals surface area contributed by atoms with E-state index in [2.05, 4.69) is 22.4 Å². The summed E-state index contributed by atoms with van der Waals surface area (Å²) in [6.45, 7) is 4.71. The Balaban J connectivity index is 0.00000104. The number of pyridine rings is 2. The zero-order chi connectivity index (χ0) is 20.6. The van der Waals surface area contributed by atoms with Gasteiger partial charge >= 0.3 is 0 Å². The predicted octanol–water partition coefficient (Wildman–Crippen LogP) is 7.23. The number of nitrogens with one attached hydrogen (secondary N) is 1. The molecule has 1 N–H and O–H groups in total. The van der Waals surface area contributed by atoms with Crippen LogP contribution in [0.3, 0.4) is 0 Å². The summed E-state index contributed by atoms with van der Waals surface area (Å²) in [5.74, 6) is 1.60. The first kappa shape index (κ1) is 23.2. The molecule has 5 heteroatoms. The lowest BCUT2D eigenvalue weighted by Gasteiger charge is -2.09. The molecule has 2 heterocycles. The first-order valence-electron chi connectivity index (χ1n) is 9.62. The molecule has 2 aromatic heterocycles. The Morgan fingerprint density at radius 1 is 0.900 bits per heavy atom. The van der Waals surface area contributed by atoms with Crippen molar-refractivity contribution in [3.05, 3.63) is 83.5 Å². The lowest BCUT2D eigenvalue weighted by Crippen LogP contribution is -2.01. The highest BCUT2D eigenvalue weighted by Gasteiger charge is 2.09. The molecule has 4 rings (SSSR count). The van der Waals surface area contributed by atoms with Crippen molar-refractivity contribution in [2.45, 2.75) is 27.8 Å². The lowest BCUT2D eigenvalue weighted by molar-refractivity contribution is 0.415. The number of fused-ring (bicyclic) bond motifs is 1. The summed E-state index contributed by atoms with van der Waals surface area (Å²) in [6.07, 6.45) is 0. The maximum Gasteiger partial charge on any atom is 0.139 e. The summed E-state index contributed by atoms with van der Waals surface area (Å²) in [5, 5.41) is 4.63. The molecular weight excluding hydrogens is 394 g/mol. The highest BCUT2D eigenvalue weighted by molar-refractivity contribution is 6.34. The fourth-order valence-corrected chi connectivity index (χ4v) is 3.13. The summed E-state index contributed by atoms with van der Waals surface area (Å²) < 4.78 is 5.21. The van der Waals surface area contributed by atoms with Gasteiger partial charge in [0.25, 0.3) is 0 Å². The van der Waals surface area contributed by atoms with Crippen molar-refractivity contribution >= 4 is 28.3 Å². The van der Waals surface area contributed by atoms with Gasteiger partial charge in [0, 0.05) is 17.5 Å². The monoisotopic (exact) mass is 421 g/mol. The van der Waals surface area contributed by atoms with E-state index >= 15 is 0 Å². The van der Waals surface area contributed by atoms with Crippen molar-refractivity contribution in [1.82, 2.24) is 9.97 Å². The molecule has 4 aromatic rings. The molecule has 0 unspecified atom stereocenters. The Morgan fingerprint density at radius 3 is 2.27 bits per heavy atom. The largest absolute Gasteiger partial charge is 0.497 e. The van der Waals surface area contributed by atoms with Crippen LogP contribution in [0.4, 0.5) is 5.82 Å². The van der Waals surface area contributed by atoms with Crippen LogP contribution in [-0.4, -0.2) is 17.1 Å². The third-order valence-corrected chi connectivity index (χ3v) is 4.63. The van der Waals surface area contributed by atoms with Gasteiger partial charge in [-0.1, -0.05) is 63.2 Å². The van der Waals surface area contributed by atoms with Crippen LogP contribution in [0.1, 0.15) is 26.8 Å². The number of aromatic nitrogens is 2. The van der Waals surface area contributed by atoms with Crippen LogP contribution in [0.25, 0.3) is 22.2 Å². The molecule has 0 bridgehead atoms. The van der Waals surface area contributed by atoms with Gasteiger partial charge in [0.05, 0.1) is 18.3 Å². The molecule has 0 saturated carbocycles. The molecule has 0 atom stereocenters. The normalized spacial score (nSPS) is 9.87. The van der Waals surface area contributed by atoms with Crippen LogP contribution in [-0.2, 0) is 6.54 Å². The molecule has 0 saturated heterocycles. The van der Waals surface area contributed by atoms with Crippen LogP contribution in [0.15, 0.2) is 72.8 Å². The molecule has 2 aromatic carbocycles. The zero-order valence-corrected chi connectivity index (χ0v) is 17.6. The zero-order valence-electron chi connectivity index (χ0n) is 16.8. The van der Waals surface area contributed by atoms with Gasteiger partial charge < -0.3 is 10.1 Å². The number of halogens is 1. The minimum Gasteiger partial charge on any atom is -0.497 e. The van der Waals surface area contributed by atoms with Crippen molar-refractivity contribution in [2.75, 3.05) is 12.4 Å². The van der Waals surface area contributed by atoms with Gasteiger partial charge in [-0.3, -0.25) is 0 Å². The van der Waals surface area contributed by atoms with Gasteiger partial charge in [0.15, 0.2) is 0 Å². The van der Waals surface area contributed by atoms with Gasteiger partial charge in [-0.05, 0) is 48.0 Å². The second-order valence-electron chi connectivity index (χ2n) is 6.13. The Morgan fingerprint density at radius 2 is 1.60 bits per heavy atom. The maximum atomic E-state index is 6.40. The van der Waals surface area contributed by atoms with Gasteiger partial charge in [-0.2, -0.15) is 0 Å². The third kappa shape index (κ3) is 5.49. The third-order valence-electron chi connectivity index (χ3n) is 4.34. The highest BCUT2D eigenvalue weighted by atomic mass is 35.5. The smallest absolute Gasteiger partial charge is 0.139 e. The van der Waals surface area contributed by atoms with Crippen molar-refractivity contribution in [2.24, 2.45) is 0 Å². The van der Waals surface area contributed by atoms with E-state index in [0.717, 1.165) is 33.7 Å². The summed E-state index contributed by atoms with van der Waals surface area (Å²) >= 11 is 6.40. The molecule has 0 amide bonds. The second-order valence-corrected chi connectivity index (χ2v) is 6.49. The summed E-state index contributed by atoms with van der Waals surface area (Å²) in [5.41, 5.74) is 3.75. The van der Waals surface area contributed by atoms with E-state index in [9.17, 15) is 0 Å². The average Bonchev–Trinajstić information content (AvgIpc) is 2.79. The molecule has 0 aliphatic rings. The quantitative estimate of drug-likeness (QED) is 0.345. The molecule has 0 aliphatic carbocycles. The van der Waals surface area contributed by atoms with Crippen LogP contribution in [0, 0.1) is 0 Å². The molecule has 0 fully saturated rings. The minimum atomic E-state index is 0. The van der Waals surface area contributed by atoms with Crippen molar-refractivity contribution < 1.29 is 4.74 Å². The Hall–Kier alpha value is -3.11. The molecule has 30 heavy (non-hydrogen) atoms. The van der Waals surface area contributed by atoms with E-state index in [1.807, 2.05) is 74.5 Å². The number of methoxy groups -OCH3 is 1. The van der Waals surface area contributed by atoms with Crippen molar-refractivity contribution in [1.29, 1.82) is 0 Å². The topological polar surface area (TPSA) is 47.0 Å². The molecule has 0 radical (unpaired) electrons. The number of rotatable bonds is 5. The fraction of sp³-hybridized carbons (Fsp3) is 0.200. The number of anilines is 1. The fourth-order valence-electron chi connectivity index (χ4n) is 2.88. The van der Waals surface area contributed by atoms with Crippen LogP contribution >= 0.6 is 11.6 Å². The van der Waals surface area contributed by atoms with E-state index in [-0.39, 0.29) is 7.43 Å². The van der Waals surface area contributed by atoms with Crippen LogP contribution in [0.2, 0.25) is 5.15 Å². The molecular formula is C25H28ClN3O. The highest BCUT2D eigenvalue weighted by Crippen LogP contribution is 2.28. The first-order chi connectivity index (χ1) is 14.2. The van der Waals surface area contributed by atoms with Crippen molar-refractivity contribution in [3.63, 3.8) is 0 Å². The molecule has 0 spiro atoms. The standard InChI is InChI=1S/C22H18ClN3O.C2H6.CH4/c1-27-17-9-7-16(8-10-17)19-13-20-18(22(23)26-19)11-12-21(25-20)24-14-15-5-3-2-4-6-15;1-2;/h2-13H,14H2,1H3,(H,24,25);1-2H3;1H4. The van der Waals surface area contributed by atoms with E-state index in [1.165, 1.54) is 5.56 Å². The van der Waals surface area contributed by atoms with Gasteiger partial charge in [-0.15, -0.1) is 0 Å².